The molecule has 0 saturated carbocycles. The van der Waals surface area contributed by atoms with Crippen molar-refractivity contribution in [2.75, 3.05) is 5.43 Å². The van der Waals surface area contributed by atoms with Crippen LogP contribution in [0, 0.1) is 6.92 Å². The molecule has 0 unspecified atom stereocenters. The first-order valence-corrected chi connectivity index (χ1v) is 9.15. The van der Waals surface area contributed by atoms with Crippen LogP contribution in [0.15, 0.2) is 46.3 Å². The van der Waals surface area contributed by atoms with Crippen LogP contribution in [-0.2, 0) is 6.61 Å². The number of aromatic nitrogens is 3. The molecule has 1 heterocycles. The van der Waals surface area contributed by atoms with Crippen LogP contribution in [0.5, 0.6) is 5.75 Å². The van der Waals surface area contributed by atoms with Crippen molar-refractivity contribution >= 4 is 46.8 Å². The van der Waals surface area contributed by atoms with Crippen molar-refractivity contribution in [1.29, 1.82) is 0 Å². The highest BCUT2D eigenvalue weighted by Crippen LogP contribution is 2.32. The van der Waals surface area contributed by atoms with E-state index in [0.717, 1.165) is 5.56 Å². The van der Waals surface area contributed by atoms with Gasteiger partial charge in [-0.15, -0.1) is 0 Å². The van der Waals surface area contributed by atoms with E-state index < -0.39 is 5.69 Å². The van der Waals surface area contributed by atoms with E-state index in [1.54, 1.807) is 37.4 Å². The van der Waals surface area contributed by atoms with Crippen molar-refractivity contribution in [1.82, 2.24) is 15.2 Å². The van der Waals surface area contributed by atoms with Gasteiger partial charge in [0.1, 0.15) is 18.1 Å². The molecule has 0 saturated heterocycles. The molecule has 144 valence electrons. The predicted octanol–water partition coefficient (Wildman–Crippen LogP) is 4.46. The molecular weight excluding hydrogens is 425 g/mol. The molecule has 0 aliphatic carbocycles. The Bertz CT molecular complexity index is 1090. The lowest BCUT2D eigenvalue weighted by atomic mass is 10.2. The standard InChI is InChI=1S/C18H14Cl3N5O2/c1-10-17(23-18(27)26-24-10)25-22-8-11-3-2-4-12(7-11)28-9-13-14(19)5-6-15(20)16(13)21/h2-8H,9H2,1H3,(H2,23,25,26,27)/b22-8+. The molecule has 0 atom stereocenters. The molecule has 3 rings (SSSR count). The maximum Gasteiger partial charge on any atom is 0.363 e. The molecule has 28 heavy (non-hydrogen) atoms. The molecule has 10 heteroatoms. The maximum absolute atomic E-state index is 11.2. The van der Waals surface area contributed by atoms with Crippen LogP contribution in [-0.4, -0.2) is 21.4 Å². The van der Waals surface area contributed by atoms with Crippen molar-refractivity contribution in [3.8, 4) is 5.75 Å². The number of ether oxygens (including phenoxy) is 1. The topological polar surface area (TPSA) is 92.3 Å². The van der Waals surface area contributed by atoms with Gasteiger partial charge in [0, 0.05) is 10.6 Å². The van der Waals surface area contributed by atoms with Gasteiger partial charge in [-0.25, -0.2) is 9.89 Å². The SMILES string of the molecule is Cc1n[nH]c(=O)nc1N/N=C/c1cccc(OCc2c(Cl)ccc(Cl)c2Cl)c1. The number of rotatable bonds is 6. The van der Waals surface area contributed by atoms with E-state index in [-0.39, 0.29) is 12.4 Å². The molecule has 2 aromatic carbocycles. The second-order valence-corrected chi connectivity index (χ2v) is 6.82. The van der Waals surface area contributed by atoms with Crippen molar-refractivity contribution in [2.24, 2.45) is 5.10 Å². The van der Waals surface area contributed by atoms with Gasteiger partial charge in [0.2, 0.25) is 0 Å². The summed E-state index contributed by atoms with van der Waals surface area (Å²) in [7, 11) is 0. The van der Waals surface area contributed by atoms with Gasteiger partial charge in [0.25, 0.3) is 0 Å². The summed E-state index contributed by atoms with van der Waals surface area (Å²) in [5, 5.41) is 11.4. The van der Waals surface area contributed by atoms with E-state index in [0.29, 0.717) is 32.1 Å². The van der Waals surface area contributed by atoms with Gasteiger partial charge in [-0.1, -0.05) is 46.9 Å². The number of halogens is 3. The van der Waals surface area contributed by atoms with Crippen molar-refractivity contribution < 1.29 is 4.74 Å². The Morgan fingerprint density at radius 2 is 2.00 bits per heavy atom. The van der Waals surface area contributed by atoms with Gasteiger partial charge >= 0.3 is 5.69 Å². The van der Waals surface area contributed by atoms with Gasteiger partial charge in [0.15, 0.2) is 5.82 Å². The second-order valence-electron chi connectivity index (χ2n) is 5.63. The fourth-order valence-electron chi connectivity index (χ4n) is 2.21. The zero-order valence-electron chi connectivity index (χ0n) is 14.5. The van der Waals surface area contributed by atoms with E-state index in [4.69, 9.17) is 39.5 Å². The summed E-state index contributed by atoms with van der Waals surface area (Å²) in [6.45, 7) is 1.86. The smallest absolute Gasteiger partial charge is 0.363 e. The van der Waals surface area contributed by atoms with E-state index in [2.05, 4.69) is 25.7 Å². The lowest BCUT2D eigenvalue weighted by Gasteiger charge is -2.11. The fourth-order valence-corrected chi connectivity index (χ4v) is 2.86. The molecule has 0 fully saturated rings. The Morgan fingerprint density at radius 3 is 2.82 bits per heavy atom. The number of hydrazone groups is 1. The lowest BCUT2D eigenvalue weighted by molar-refractivity contribution is 0.306. The summed E-state index contributed by atoms with van der Waals surface area (Å²) in [4.78, 5) is 15.0. The average molecular weight is 439 g/mol. The first kappa shape index (κ1) is 20.1. The average Bonchev–Trinajstić information content (AvgIpc) is 2.68. The van der Waals surface area contributed by atoms with E-state index in [1.807, 2.05) is 12.1 Å². The summed E-state index contributed by atoms with van der Waals surface area (Å²) in [6, 6.07) is 10.5. The first-order chi connectivity index (χ1) is 13.4. The molecule has 1 aromatic heterocycles. The number of hydrogen-bond donors (Lipinski definition) is 2. The zero-order chi connectivity index (χ0) is 20.1. The number of aromatic amines is 1. The molecule has 2 N–H and O–H groups in total. The number of nitrogens with one attached hydrogen (secondary N) is 2. The molecular formula is C18H14Cl3N5O2. The van der Waals surface area contributed by atoms with Crippen molar-refractivity contribution in [2.45, 2.75) is 13.5 Å². The molecule has 3 aromatic rings. The van der Waals surface area contributed by atoms with Crippen molar-refractivity contribution in [3.63, 3.8) is 0 Å². The summed E-state index contributed by atoms with van der Waals surface area (Å²) >= 11 is 18.4. The molecule has 0 radical (unpaired) electrons. The molecule has 7 nitrogen and oxygen atoms in total. The minimum Gasteiger partial charge on any atom is -0.489 e. The minimum absolute atomic E-state index is 0.165. The summed E-state index contributed by atoms with van der Waals surface area (Å²) < 4.78 is 5.77. The molecule has 0 amide bonds. The van der Waals surface area contributed by atoms with Crippen LogP contribution >= 0.6 is 34.8 Å². The third-order valence-corrected chi connectivity index (χ3v) is 4.84. The minimum atomic E-state index is -0.558. The summed E-state index contributed by atoms with van der Waals surface area (Å²) in [6.07, 6.45) is 1.56. The van der Waals surface area contributed by atoms with Gasteiger partial charge in [-0.05, 0) is 36.8 Å². The van der Waals surface area contributed by atoms with Gasteiger partial charge in [-0.3, -0.25) is 5.43 Å². The van der Waals surface area contributed by atoms with Crippen LogP contribution < -0.4 is 15.9 Å². The number of benzene rings is 2. The number of aryl methyl sites for hydroxylation is 1. The van der Waals surface area contributed by atoms with Crippen LogP contribution in [0.2, 0.25) is 15.1 Å². The van der Waals surface area contributed by atoms with Crippen LogP contribution in [0.25, 0.3) is 0 Å². The van der Waals surface area contributed by atoms with Gasteiger partial charge < -0.3 is 4.74 Å². The van der Waals surface area contributed by atoms with Crippen LogP contribution in [0.1, 0.15) is 16.8 Å². The molecule has 0 aliphatic heterocycles. The zero-order valence-corrected chi connectivity index (χ0v) is 16.8. The Labute approximate surface area is 175 Å². The third kappa shape index (κ3) is 5.01. The number of hydrogen-bond acceptors (Lipinski definition) is 6. The normalized spacial score (nSPS) is 11.0. The predicted molar refractivity (Wildman–Crippen MR) is 111 cm³/mol. The van der Waals surface area contributed by atoms with Gasteiger partial charge in [0.05, 0.1) is 16.3 Å². The highest BCUT2D eigenvalue weighted by Gasteiger charge is 2.10. The Kier molecular flexibility index (Phi) is 6.51. The maximum atomic E-state index is 11.2. The summed E-state index contributed by atoms with van der Waals surface area (Å²) in [5.74, 6) is 0.876. The monoisotopic (exact) mass is 437 g/mol. The van der Waals surface area contributed by atoms with E-state index in [1.165, 1.54) is 0 Å². The molecule has 0 aliphatic rings. The third-order valence-electron chi connectivity index (χ3n) is 3.64. The van der Waals surface area contributed by atoms with Crippen LogP contribution in [0.3, 0.4) is 0 Å². The molecule has 0 bridgehead atoms. The summed E-state index contributed by atoms with van der Waals surface area (Å²) in [5.41, 5.74) is 4.02. The Morgan fingerprint density at radius 1 is 1.21 bits per heavy atom. The highest BCUT2D eigenvalue weighted by molar-refractivity contribution is 6.44. The number of nitrogens with zero attached hydrogens (tertiary/aromatic N) is 3. The number of anilines is 1. The Hall–Kier alpha value is -2.61. The van der Waals surface area contributed by atoms with Gasteiger partial charge in [-0.2, -0.15) is 15.2 Å². The second kappa shape index (κ2) is 9.05. The quantitative estimate of drug-likeness (QED) is 0.337. The molecule has 0 spiro atoms. The van der Waals surface area contributed by atoms with Crippen molar-refractivity contribution in [3.05, 3.63) is 78.8 Å². The highest BCUT2D eigenvalue weighted by atomic mass is 35.5. The van der Waals surface area contributed by atoms with E-state index >= 15 is 0 Å². The largest absolute Gasteiger partial charge is 0.489 e. The van der Waals surface area contributed by atoms with E-state index in [9.17, 15) is 4.79 Å². The number of H-pyrrole nitrogens is 1. The lowest BCUT2D eigenvalue weighted by Crippen LogP contribution is -2.15. The Balaban J connectivity index is 1.68. The fraction of sp³-hybridized carbons (Fsp3) is 0.111. The first-order valence-electron chi connectivity index (χ1n) is 8.01. The van der Waals surface area contributed by atoms with Crippen LogP contribution in [0.4, 0.5) is 5.82 Å².